The smallest absolute Gasteiger partial charge is 0.223 e. The predicted molar refractivity (Wildman–Crippen MR) is 56.1 cm³/mol. The van der Waals surface area contributed by atoms with Crippen molar-refractivity contribution in [3.63, 3.8) is 0 Å². The van der Waals surface area contributed by atoms with Gasteiger partial charge in [0.05, 0.1) is 0 Å². The van der Waals surface area contributed by atoms with Gasteiger partial charge in [0, 0.05) is 18.5 Å². The van der Waals surface area contributed by atoms with Crippen LogP contribution < -0.4 is 5.32 Å². The molecule has 0 spiro atoms. The highest BCUT2D eigenvalue weighted by Crippen LogP contribution is 2.29. The first-order valence-corrected chi connectivity index (χ1v) is 5.74. The van der Waals surface area contributed by atoms with Gasteiger partial charge in [-0.25, -0.2) is 0 Å². The van der Waals surface area contributed by atoms with E-state index in [2.05, 4.69) is 17.1 Å². The van der Waals surface area contributed by atoms with Crippen molar-refractivity contribution in [1.82, 2.24) is 10.2 Å². The fourth-order valence-electron chi connectivity index (χ4n) is 2.61. The zero-order chi connectivity index (χ0) is 10.0. The standard InChI is InChI=1S/C11H20N2O/c1-11(5-7-12-8-6-11)13-9-3-2-4-10(13)14/h12H,2-9H2,1H3. The Morgan fingerprint density at radius 3 is 2.64 bits per heavy atom. The Kier molecular flexibility index (Phi) is 2.77. The van der Waals surface area contributed by atoms with Crippen LogP contribution in [0.4, 0.5) is 0 Å². The highest BCUT2D eigenvalue weighted by molar-refractivity contribution is 5.77. The third kappa shape index (κ3) is 1.78. The van der Waals surface area contributed by atoms with Gasteiger partial charge in [0.15, 0.2) is 0 Å². The number of rotatable bonds is 1. The molecule has 80 valence electrons. The highest BCUT2D eigenvalue weighted by atomic mass is 16.2. The van der Waals surface area contributed by atoms with Gasteiger partial charge in [-0.1, -0.05) is 0 Å². The number of carbonyl (C=O) groups excluding carboxylic acids is 1. The number of hydrogen-bond acceptors (Lipinski definition) is 2. The molecule has 2 aliphatic rings. The van der Waals surface area contributed by atoms with Crippen molar-refractivity contribution in [2.75, 3.05) is 19.6 Å². The number of amides is 1. The van der Waals surface area contributed by atoms with Crippen LogP contribution in [0.5, 0.6) is 0 Å². The SMILES string of the molecule is CC1(N2CCCCC2=O)CCNCC1. The van der Waals surface area contributed by atoms with E-state index in [1.54, 1.807) is 0 Å². The minimum absolute atomic E-state index is 0.142. The van der Waals surface area contributed by atoms with Crippen molar-refractivity contribution in [3.05, 3.63) is 0 Å². The molecule has 0 aliphatic carbocycles. The van der Waals surface area contributed by atoms with E-state index < -0.39 is 0 Å². The molecule has 3 nitrogen and oxygen atoms in total. The summed E-state index contributed by atoms with van der Waals surface area (Å²) in [6, 6.07) is 0. The summed E-state index contributed by atoms with van der Waals surface area (Å²) in [5.74, 6) is 0.376. The molecule has 14 heavy (non-hydrogen) atoms. The number of piperidine rings is 2. The fourth-order valence-corrected chi connectivity index (χ4v) is 2.61. The van der Waals surface area contributed by atoms with Crippen molar-refractivity contribution in [2.24, 2.45) is 0 Å². The second-order valence-electron chi connectivity index (χ2n) is 4.75. The van der Waals surface area contributed by atoms with E-state index in [4.69, 9.17) is 0 Å². The molecule has 3 heteroatoms. The number of likely N-dealkylation sites (tertiary alicyclic amines) is 1. The van der Waals surface area contributed by atoms with Gasteiger partial charge in [0.25, 0.3) is 0 Å². The number of nitrogens with zero attached hydrogens (tertiary/aromatic N) is 1. The normalized spacial score (nSPS) is 27.8. The molecule has 0 atom stereocenters. The van der Waals surface area contributed by atoms with Crippen LogP contribution >= 0.6 is 0 Å². The quantitative estimate of drug-likeness (QED) is 0.682. The van der Waals surface area contributed by atoms with Crippen molar-refractivity contribution in [3.8, 4) is 0 Å². The fraction of sp³-hybridized carbons (Fsp3) is 0.909. The minimum atomic E-state index is 0.142. The Morgan fingerprint density at radius 1 is 1.29 bits per heavy atom. The Bertz CT molecular complexity index is 221. The first-order chi connectivity index (χ1) is 6.72. The first-order valence-electron chi connectivity index (χ1n) is 5.74. The molecule has 1 N–H and O–H groups in total. The maximum atomic E-state index is 11.8. The van der Waals surface area contributed by atoms with Crippen LogP contribution in [0, 0.1) is 0 Å². The van der Waals surface area contributed by atoms with E-state index in [9.17, 15) is 4.79 Å². The second kappa shape index (κ2) is 3.89. The summed E-state index contributed by atoms with van der Waals surface area (Å²) >= 11 is 0. The predicted octanol–water partition coefficient (Wildman–Crippen LogP) is 1.14. The molecule has 0 radical (unpaired) electrons. The monoisotopic (exact) mass is 196 g/mol. The summed E-state index contributed by atoms with van der Waals surface area (Å²) in [5.41, 5.74) is 0.142. The Labute approximate surface area is 85.8 Å². The zero-order valence-electron chi connectivity index (χ0n) is 9.01. The molecule has 1 amide bonds. The van der Waals surface area contributed by atoms with E-state index in [1.165, 1.54) is 6.42 Å². The molecule has 2 saturated heterocycles. The third-order valence-electron chi connectivity index (χ3n) is 3.66. The Balaban J connectivity index is 2.06. The Hall–Kier alpha value is -0.570. The van der Waals surface area contributed by atoms with E-state index in [0.29, 0.717) is 5.91 Å². The van der Waals surface area contributed by atoms with Crippen LogP contribution in [0.3, 0.4) is 0 Å². The van der Waals surface area contributed by atoms with Gasteiger partial charge in [0.2, 0.25) is 5.91 Å². The molecule has 2 heterocycles. The van der Waals surface area contributed by atoms with Crippen LogP contribution in [0.1, 0.15) is 39.0 Å². The molecule has 2 aliphatic heterocycles. The molecule has 0 unspecified atom stereocenters. The average molecular weight is 196 g/mol. The molecule has 0 aromatic carbocycles. The average Bonchev–Trinajstić information content (AvgIpc) is 2.19. The molecule has 2 rings (SSSR count). The van der Waals surface area contributed by atoms with E-state index >= 15 is 0 Å². The summed E-state index contributed by atoms with van der Waals surface area (Å²) in [6.07, 6.45) is 5.26. The third-order valence-corrected chi connectivity index (χ3v) is 3.66. The molecular weight excluding hydrogens is 176 g/mol. The summed E-state index contributed by atoms with van der Waals surface area (Å²) in [5, 5.41) is 3.36. The highest BCUT2D eigenvalue weighted by Gasteiger charge is 2.36. The molecule has 0 saturated carbocycles. The van der Waals surface area contributed by atoms with Crippen LogP contribution in [-0.4, -0.2) is 36.0 Å². The summed E-state index contributed by atoms with van der Waals surface area (Å²) in [7, 11) is 0. The van der Waals surface area contributed by atoms with Crippen LogP contribution in [0.25, 0.3) is 0 Å². The largest absolute Gasteiger partial charge is 0.337 e. The summed E-state index contributed by atoms with van der Waals surface area (Å²) in [6.45, 7) is 5.34. The Morgan fingerprint density at radius 2 is 2.00 bits per heavy atom. The van der Waals surface area contributed by atoms with Gasteiger partial charge < -0.3 is 10.2 Å². The van der Waals surface area contributed by atoms with E-state index in [0.717, 1.165) is 45.3 Å². The zero-order valence-corrected chi connectivity index (χ0v) is 9.01. The van der Waals surface area contributed by atoms with Gasteiger partial charge in [-0.15, -0.1) is 0 Å². The topological polar surface area (TPSA) is 32.3 Å². The lowest BCUT2D eigenvalue weighted by atomic mass is 9.87. The summed E-state index contributed by atoms with van der Waals surface area (Å²) < 4.78 is 0. The van der Waals surface area contributed by atoms with Crippen molar-refractivity contribution < 1.29 is 4.79 Å². The lowest BCUT2D eigenvalue weighted by Gasteiger charge is -2.46. The summed E-state index contributed by atoms with van der Waals surface area (Å²) in [4.78, 5) is 13.9. The van der Waals surface area contributed by atoms with Crippen LogP contribution in [-0.2, 0) is 4.79 Å². The maximum Gasteiger partial charge on any atom is 0.223 e. The first kappa shape index (κ1) is 9.97. The van der Waals surface area contributed by atoms with Gasteiger partial charge in [0.1, 0.15) is 0 Å². The minimum Gasteiger partial charge on any atom is -0.337 e. The molecular formula is C11H20N2O. The van der Waals surface area contributed by atoms with Gasteiger partial charge in [-0.3, -0.25) is 4.79 Å². The van der Waals surface area contributed by atoms with Crippen molar-refractivity contribution >= 4 is 5.91 Å². The van der Waals surface area contributed by atoms with Crippen LogP contribution in [0.2, 0.25) is 0 Å². The lowest BCUT2D eigenvalue weighted by molar-refractivity contribution is -0.140. The molecule has 0 aromatic rings. The van der Waals surface area contributed by atoms with Crippen LogP contribution in [0.15, 0.2) is 0 Å². The van der Waals surface area contributed by atoms with Crippen molar-refractivity contribution in [1.29, 1.82) is 0 Å². The van der Waals surface area contributed by atoms with E-state index in [1.807, 2.05) is 0 Å². The number of carbonyl (C=O) groups is 1. The van der Waals surface area contributed by atoms with E-state index in [-0.39, 0.29) is 5.54 Å². The molecule has 2 fully saturated rings. The van der Waals surface area contributed by atoms with Gasteiger partial charge >= 0.3 is 0 Å². The lowest BCUT2D eigenvalue weighted by Crippen LogP contribution is -2.56. The number of nitrogens with one attached hydrogen (secondary N) is 1. The second-order valence-corrected chi connectivity index (χ2v) is 4.75. The number of hydrogen-bond donors (Lipinski definition) is 1. The molecule has 0 bridgehead atoms. The molecule has 0 aromatic heterocycles. The van der Waals surface area contributed by atoms with Gasteiger partial charge in [-0.2, -0.15) is 0 Å². The van der Waals surface area contributed by atoms with Gasteiger partial charge in [-0.05, 0) is 45.7 Å². The van der Waals surface area contributed by atoms with Crippen molar-refractivity contribution in [2.45, 2.75) is 44.6 Å². The maximum absolute atomic E-state index is 11.8.